The van der Waals surface area contributed by atoms with Crippen LogP contribution in [0.25, 0.3) is 0 Å². The van der Waals surface area contributed by atoms with Crippen LogP contribution in [-0.2, 0) is 11.3 Å². The summed E-state index contributed by atoms with van der Waals surface area (Å²) in [6, 6.07) is 2.92. The molecule has 1 aromatic rings. The van der Waals surface area contributed by atoms with E-state index in [2.05, 4.69) is 16.8 Å². The van der Waals surface area contributed by atoms with Gasteiger partial charge in [0.15, 0.2) is 6.35 Å². The standard InChI is InChI=1S/C23H36F4N6O2/c1-3-31-9-11-32(12-10-31)22(34)33(19-6-4-5-17(24)13-19)15-18-8-7-16(14-30-18)20(28)35-21(29-2)23(25,26)27/h7-8,14,17,19,21-22,28-29,34H,3-6,9-13,15H2,1-2H3. The number of pyridine rings is 1. The van der Waals surface area contributed by atoms with Gasteiger partial charge in [0.2, 0.25) is 12.1 Å². The highest BCUT2D eigenvalue weighted by Crippen LogP contribution is 2.28. The Balaban J connectivity index is 1.70. The van der Waals surface area contributed by atoms with Crippen molar-refractivity contribution in [3.63, 3.8) is 0 Å². The van der Waals surface area contributed by atoms with Gasteiger partial charge < -0.3 is 14.7 Å². The third-order valence-electron chi connectivity index (χ3n) is 6.76. The van der Waals surface area contributed by atoms with Crippen molar-refractivity contribution < 1.29 is 27.4 Å². The van der Waals surface area contributed by atoms with Crippen molar-refractivity contribution in [2.75, 3.05) is 39.8 Å². The van der Waals surface area contributed by atoms with E-state index in [-0.39, 0.29) is 18.2 Å². The summed E-state index contributed by atoms with van der Waals surface area (Å²) in [5.74, 6) is -0.654. The normalized spacial score (nSPS) is 24.3. The van der Waals surface area contributed by atoms with Crippen molar-refractivity contribution in [1.82, 2.24) is 25.0 Å². The van der Waals surface area contributed by atoms with Crippen LogP contribution in [0.5, 0.6) is 0 Å². The Morgan fingerprint density at radius 3 is 2.54 bits per heavy atom. The number of aliphatic hydroxyl groups excluding tert-OH is 1. The molecule has 0 amide bonds. The second-order valence-corrected chi connectivity index (χ2v) is 9.10. The molecule has 0 spiro atoms. The molecule has 35 heavy (non-hydrogen) atoms. The summed E-state index contributed by atoms with van der Waals surface area (Å²) in [6.45, 7) is 6.39. The van der Waals surface area contributed by atoms with Crippen LogP contribution in [0, 0.1) is 5.41 Å². The molecule has 1 saturated heterocycles. The lowest BCUT2D eigenvalue weighted by Gasteiger charge is -2.44. The summed E-state index contributed by atoms with van der Waals surface area (Å²) in [4.78, 5) is 10.5. The highest BCUT2D eigenvalue weighted by atomic mass is 19.4. The molecule has 1 aromatic heterocycles. The summed E-state index contributed by atoms with van der Waals surface area (Å²) in [5.41, 5.74) is 0.664. The van der Waals surface area contributed by atoms with Gasteiger partial charge in [-0.15, -0.1) is 0 Å². The average Bonchev–Trinajstić information content (AvgIpc) is 2.85. The molecule has 3 N–H and O–H groups in total. The molecular formula is C23H36F4N6O2. The van der Waals surface area contributed by atoms with Crippen LogP contribution < -0.4 is 5.32 Å². The first kappa shape index (κ1) is 27.7. The Morgan fingerprint density at radius 1 is 1.29 bits per heavy atom. The minimum Gasteiger partial charge on any atom is -0.449 e. The molecule has 4 unspecified atom stereocenters. The lowest BCUT2D eigenvalue weighted by atomic mass is 9.92. The first-order valence-electron chi connectivity index (χ1n) is 12.1. The number of rotatable bonds is 9. The van der Waals surface area contributed by atoms with Crippen molar-refractivity contribution in [2.45, 2.75) is 70.1 Å². The van der Waals surface area contributed by atoms with Crippen LogP contribution in [-0.4, -0.2) is 101 Å². The van der Waals surface area contributed by atoms with Gasteiger partial charge in [-0.3, -0.25) is 25.5 Å². The van der Waals surface area contributed by atoms with Crippen LogP contribution in [0.1, 0.15) is 43.9 Å². The molecule has 1 saturated carbocycles. The lowest BCUT2D eigenvalue weighted by Crippen LogP contribution is -2.58. The molecule has 0 aromatic carbocycles. The van der Waals surface area contributed by atoms with Crippen LogP contribution in [0.15, 0.2) is 18.3 Å². The minimum absolute atomic E-state index is 0.0996. The van der Waals surface area contributed by atoms with E-state index in [4.69, 9.17) is 10.1 Å². The smallest absolute Gasteiger partial charge is 0.439 e. The fourth-order valence-corrected chi connectivity index (χ4v) is 4.64. The molecule has 0 bridgehead atoms. The van der Waals surface area contributed by atoms with Gasteiger partial charge in [0, 0.05) is 45.0 Å². The van der Waals surface area contributed by atoms with E-state index in [1.54, 1.807) is 6.07 Å². The molecule has 1 aliphatic heterocycles. The zero-order valence-corrected chi connectivity index (χ0v) is 20.3. The first-order chi connectivity index (χ1) is 16.6. The highest BCUT2D eigenvalue weighted by Gasteiger charge is 2.41. The zero-order valence-electron chi connectivity index (χ0n) is 20.3. The van der Waals surface area contributed by atoms with E-state index in [1.807, 2.05) is 15.1 Å². The molecular weight excluding hydrogens is 468 g/mol. The van der Waals surface area contributed by atoms with Gasteiger partial charge in [0.05, 0.1) is 11.3 Å². The number of alkyl halides is 4. The summed E-state index contributed by atoms with van der Waals surface area (Å²) in [6.07, 6.45) is -5.11. The van der Waals surface area contributed by atoms with Crippen molar-refractivity contribution in [1.29, 1.82) is 5.41 Å². The molecule has 1 aliphatic carbocycles. The largest absolute Gasteiger partial charge is 0.449 e. The first-order valence-corrected chi connectivity index (χ1v) is 12.1. The monoisotopic (exact) mass is 504 g/mol. The number of hydrogen-bond donors (Lipinski definition) is 3. The van der Waals surface area contributed by atoms with Gasteiger partial charge in [-0.1, -0.05) is 6.92 Å². The van der Waals surface area contributed by atoms with Gasteiger partial charge in [-0.25, -0.2) is 4.39 Å². The van der Waals surface area contributed by atoms with Crippen LogP contribution in [0.2, 0.25) is 0 Å². The van der Waals surface area contributed by atoms with E-state index in [0.717, 1.165) is 39.5 Å². The Labute approximate surface area is 203 Å². The molecule has 198 valence electrons. The quantitative estimate of drug-likeness (QED) is 0.206. The lowest BCUT2D eigenvalue weighted by molar-refractivity contribution is -0.206. The number of piperazine rings is 1. The van der Waals surface area contributed by atoms with E-state index in [9.17, 15) is 22.7 Å². The van der Waals surface area contributed by atoms with E-state index in [0.29, 0.717) is 31.6 Å². The Bertz CT molecular complexity index is 804. The van der Waals surface area contributed by atoms with Crippen molar-refractivity contribution in [3.8, 4) is 0 Å². The summed E-state index contributed by atoms with van der Waals surface area (Å²) in [7, 11) is 1.10. The topological polar surface area (TPSA) is 88.0 Å². The zero-order chi connectivity index (χ0) is 25.6. The predicted molar refractivity (Wildman–Crippen MR) is 123 cm³/mol. The van der Waals surface area contributed by atoms with Crippen molar-refractivity contribution in [3.05, 3.63) is 29.6 Å². The third kappa shape index (κ3) is 7.56. The molecule has 0 radical (unpaired) electrons. The number of ether oxygens (including phenoxy) is 1. The fourth-order valence-electron chi connectivity index (χ4n) is 4.64. The number of halogens is 4. The Kier molecular flexibility index (Phi) is 9.82. The summed E-state index contributed by atoms with van der Waals surface area (Å²) >= 11 is 0. The molecule has 8 nitrogen and oxygen atoms in total. The predicted octanol–water partition coefficient (Wildman–Crippen LogP) is 2.53. The third-order valence-corrected chi connectivity index (χ3v) is 6.76. The number of aliphatic hydroxyl groups is 1. The summed E-state index contributed by atoms with van der Waals surface area (Å²) in [5, 5.41) is 21.1. The maximum atomic E-state index is 14.2. The van der Waals surface area contributed by atoms with Gasteiger partial charge in [-0.2, -0.15) is 13.2 Å². The second kappa shape index (κ2) is 12.4. The molecule has 3 rings (SSSR count). The van der Waals surface area contributed by atoms with Gasteiger partial charge >= 0.3 is 6.18 Å². The number of hydrogen-bond acceptors (Lipinski definition) is 8. The summed E-state index contributed by atoms with van der Waals surface area (Å²) < 4.78 is 57.7. The van der Waals surface area contributed by atoms with Crippen molar-refractivity contribution in [2.24, 2.45) is 0 Å². The van der Waals surface area contributed by atoms with Crippen LogP contribution >= 0.6 is 0 Å². The fraction of sp³-hybridized carbons (Fsp3) is 0.739. The second-order valence-electron chi connectivity index (χ2n) is 9.10. The molecule has 4 atom stereocenters. The maximum Gasteiger partial charge on any atom is 0.439 e. The van der Waals surface area contributed by atoms with Gasteiger partial charge in [0.1, 0.15) is 6.17 Å². The van der Waals surface area contributed by atoms with E-state index >= 15 is 0 Å². The Hall–Kier alpha value is -1.86. The Morgan fingerprint density at radius 2 is 2.00 bits per heavy atom. The van der Waals surface area contributed by atoms with Crippen LogP contribution in [0.3, 0.4) is 0 Å². The molecule has 2 aliphatic rings. The van der Waals surface area contributed by atoms with Gasteiger partial charge in [0.25, 0.3) is 0 Å². The molecule has 2 fully saturated rings. The number of likely N-dealkylation sites (N-methyl/N-ethyl adjacent to an activating group) is 1. The van der Waals surface area contributed by atoms with E-state index < -0.39 is 30.8 Å². The number of nitrogens with one attached hydrogen (secondary N) is 2. The SMILES string of the molecule is CCN1CCN(C(O)N(Cc2ccc(C(=N)OC(NC)C(F)(F)F)cn2)C2CCCC(F)C2)CC1. The van der Waals surface area contributed by atoms with Gasteiger partial charge in [-0.05, 0) is 51.4 Å². The highest BCUT2D eigenvalue weighted by molar-refractivity contribution is 5.91. The molecule has 2 heterocycles. The molecule has 12 heteroatoms. The maximum absolute atomic E-state index is 14.2. The number of nitrogens with zero attached hydrogens (tertiary/aromatic N) is 4. The van der Waals surface area contributed by atoms with Crippen molar-refractivity contribution >= 4 is 5.90 Å². The average molecular weight is 505 g/mol. The number of aromatic nitrogens is 1. The minimum atomic E-state index is -4.66. The van der Waals surface area contributed by atoms with E-state index in [1.165, 1.54) is 12.3 Å². The van der Waals surface area contributed by atoms with Crippen LogP contribution in [0.4, 0.5) is 17.6 Å².